The summed E-state index contributed by atoms with van der Waals surface area (Å²) in [6, 6.07) is 8.00. The Labute approximate surface area is 155 Å². The molecule has 1 heterocycles. The van der Waals surface area contributed by atoms with Crippen molar-refractivity contribution in [3.63, 3.8) is 0 Å². The molecule has 0 radical (unpaired) electrons. The number of benzene rings is 1. The van der Waals surface area contributed by atoms with Gasteiger partial charge in [-0.3, -0.25) is 0 Å². The Hall–Kier alpha value is -1.65. The van der Waals surface area contributed by atoms with E-state index in [-0.39, 0.29) is 0 Å². The Morgan fingerprint density at radius 2 is 1.71 bits per heavy atom. The van der Waals surface area contributed by atoms with Crippen LogP contribution >= 0.6 is 22.6 Å². The maximum Gasteiger partial charge on any atom is 0.159 e. The molecule has 3 N–H and O–H groups in total. The van der Waals surface area contributed by atoms with Crippen LogP contribution < -0.4 is 16.0 Å². The van der Waals surface area contributed by atoms with E-state index in [2.05, 4.69) is 37.9 Å². The third-order valence-corrected chi connectivity index (χ3v) is 4.12. The summed E-state index contributed by atoms with van der Waals surface area (Å²) in [7, 11) is 3.34. The van der Waals surface area contributed by atoms with Crippen LogP contribution in [-0.4, -0.2) is 50.5 Å². The van der Waals surface area contributed by atoms with E-state index in [0.717, 1.165) is 5.69 Å². The van der Waals surface area contributed by atoms with Crippen LogP contribution in [-0.2, 0) is 9.47 Å². The van der Waals surface area contributed by atoms with Gasteiger partial charge >= 0.3 is 0 Å². The van der Waals surface area contributed by atoms with Crippen molar-refractivity contribution in [1.29, 1.82) is 0 Å². The molecular formula is C16H22IN5O2. The number of hydrogen-bond acceptors (Lipinski definition) is 7. The Morgan fingerprint density at radius 1 is 1.08 bits per heavy atom. The van der Waals surface area contributed by atoms with Gasteiger partial charge in [0, 0.05) is 36.6 Å². The normalized spacial score (nSPS) is 10.6. The molecule has 0 fully saturated rings. The summed E-state index contributed by atoms with van der Waals surface area (Å²) in [6.07, 6.45) is 1.51. The van der Waals surface area contributed by atoms with Gasteiger partial charge in [-0.2, -0.15) is 0 Å². The predicted octanol–water partition coefficient (Wildman–Crippen LogP) is 2.51. The minimum absolute atomic E-state index is 0.503. The summed E-state index contributed by atoms with van der Waals surface area (Å²) in [6.45, 7) is 2.49. The SMILES string of the molecule is COCCN(CCOC)c1ncnc(Nc2ccc(I)cc2)c1N. The fraction of sp³-hybridized carbons (Fsp3) is 0.375. The Kier molecular flexibility index (Phi) is 7.47. The highest BCUT2D eigenvalue weighted by molar-refractivity contribution is 14.1. The first-order valence-electron chi connectivity index (χ1n) is 7.51. The summed E-state index contributed by atoms with van der Waals surface area (Å²) < 4.78 is 11.5. The molecule has 0 spiro atoms. The van der Waals surface area contributed by atoms with Gasteiger partial charge in [-0.1, -0.05) is 0 Å². The molecule has 0 aliphatic rings. The molecule has 0 aliphatic heterocycles. The van der Waals surface area contributed by atoms with Crippen molar-refractivity contribution < 1.29 is 9.47 Å². The maximum absolute atomic E-state index is 6.29. The largest absolute Gasteiger partial charge is 0.393 e. The molecule has 1 aromatic carbocycles. The lowest BCUT2D eigenvalue weighted by Gasteiger charge is -2.25. The first kappa shape index (κ1) is 18.7. The molecule has 0 bridgehead atoms. The second-order valence-corrected chi connectivity index (χ2v) is 6.31. The Bertz CT molecular complexity index is 631. The van der Waals surface area contributed by atoms with Gasteiger partial charge in [0.15, 0.2) is 11.6 Å². The third-order valence-electron chi connectivity index (χ3n) is 3.40. The molecule has 0 saturated carbocycles. The lowest BCUT2D eigenvalue weighted by molar-refractivity contribution is 0.190. The third kappa shape index (κ3) is 5.18. The van der Waals surface area contributed by atoms with Gasteiger partial charge in [-0.15, -0.1) is 0 Å². The highest BCUT2D eigenvalue weighted by Gasteiger charge is 2.15. The zero-order valence-corrected chi connectivity index (χ0v) is 16.0. The number of aromatic nitrogens is 2. The molecule has 0 unspecified atom stereocenters. The molecule has 0 aliphatic carbocycles. The van der Waals surface area contributed by atoms with E-state index in [9.17, 15) is 0 Å². The van der Waals surface area contributed by atoms with E-state index in [1.807, 2.05) is 29.2 Å². The molecule has 8 heteroatoms. The van der Waals surface area contributed by atoms with Crippen molar-refractivity contribution in [2.75, 3.05) is 56.5 Å². The topological polar surface area (TPSA) is 85.5 Å². The van der Waals surface area contributed by atoms with Crippen LogP contribution in [0.2, 0.25) is 0 Å². The van der Waals surface area contributed by atoms with Crippen molar-refractivity contribution in [2.24, 2.45) is 0 Å². The molecule has 2 aromatic rings. The van der Waals surface area contributed by atoms with Crippen LogP contribution in [0.5, 0.6) is 0 Å². The van der Waals surface area contributed by atoms with Gasteiger partial charge in [-0.05, 0) is 46.9 Å². The number of ether oxygens (including phenoxy) is 2. The van der Waals surface area contributed by atoms with Gasteiger partial charge in [-0.25, -0.2) is 9.97 Å². The fourth-order valence-electron chi connectivity index (χ4n) is 2.13. The number of methoxy groups -OCH3 is 2. The molecule has 2 rings (SSSR count). The second kappa shape index (κ2) is 9.60. The lowest BCUT2D eigenvalue weighted by Crippen LogP contribution is -2.32. The molecule has 24 heavy (non-hydrogen) atoms. The van der Waals surface area contributed by atoms with E-state index in [1.165, 1.54) is 9.90 Å². The number of halogens is 1. The van der Waals surface area contributed by atoms with Crippen LogP contribution in [0.1, 0.15) is 0 Å². The van der Waals surface area contributed by atoms with Crippen molar-refractivity contribution in [3.8, 4) is 0 Å². The number of nitrogens with zero attached hydrogens (tertiary/aromatic N) is 3. The standard InChI is InChI=1S/C16H22IN5O2/c1-23-9-7-22(8-10-24-2)16-14(18)15(19-11-20-16)21-13-5-3-12(17)4-6-13/h3-6,11H,7-10,18H2,1-2H3,(H,19,20,21). The quantitative estimate of drug-likeness (QED) is 0.576. The first-order chi connectivity index (χ1) is 11.7. The fourth-order valence-corrected chi connectivity index (χ4v) is 2.49. The van der Waals surface area contributed by atoms with Crippen molar-refractivity contribution >= 4 is 45.6 Å². The van der Waals surface area contributed by atoms with E-state index >= 15 is 0 Å². The van der Waals surface area contributed by atoms with Gasteiger partial charge in [0.05, 0.1) is 13.2 Å². The molecule has 7 nitrogen and oxygen atoms in total. The number of anilines is 4. The van der Waals surface area contributed by atoms with Crippen molar-refractivity contribution in [1.82, 2.24) is 9.97 Å². The van der Waals surface area contributed by atoms with Crippen LogP contribution in [0, 0.1) is 3.57 Å². The highest BCUT2D eigenvalue weighted by Crippen LogP contribution is 2.28. The molecule has 130 valence electrons. The van der Waals surface area contributed by atoms with Gasteiger partial charge in [0.25, 0.3) is 0 Å². The van der Waals surface area contributed by atoms with Crippen molar-refractivity contribution in [2.45, 2.75) is 0 Å². The highest BCUT2D eigenvalue weighted by atomic mass is 127. The maximum atomic E-state index is 6.29. The van der Waals surface area contributed by atoms with Crippen molar-refractivity contribution in [3.05, 3.63) is 34.2 Å². The summed E-state index contributed by atoms with van der Waals surface area (Å²) >= 11 is 2.27. The number of nitrogens with two attached hydrogens (primary N) is 1. The molecule has 1 aromatic heterocycles. The number of nitrogens with one attached hydrogen (secondary N) is 1. The van der Waals surface area contributed by atoms with E-state index < -0.39 is 0 Å². The zero-order valence-electron chi connectivity index (χ0n) is 13.8. The number of rotatable bonds is 9. The number of hydrogen-bond donors (Lipinski definition) is 2. The smallest absolute Gasteiger partial charge is 0.159 e. The number of nitrogen functional groups attached to an aromatic ring is 1. The molecular weight excluding hydrogens is 421 g/mol. The summed E-state index contributed by atoms with van der Waals surface area (Å²) in [4.78, 5) is 10.6. The van der Waals surface area contributed by atoms with Gasteiger partial charge < -0.3 is 25.4 Å². The van der Waals surface area contributed by atoms with Gasteiger partial charge in [0.2, 0.25) is 0 Å². The second-order valence-electron chi connectivity index (χ2n) is 5.06. The van der Waals surface area contributed by atoms with Crippen LogP contribution in [0.15, 0.2) is 30.6 Å². The monoisotopic (exact) mass is 443 g/mol. The molecule has 0 saturated heterocycles. The average molecular weight is 443 g/mol. The molecule has 0 amide bonds. The minimum atomic E-state index is 0.503. The Balaban J connectivity index is 2.22. The predicted molar refractivity (Wildman–Crippen MR) is 105 cm³/mol. The summed E-state index contributed by atoms with van der Waals surface area (Å²) in [5.74, 6) is 1.26. The van der Waals surface area contributed by atoms with Crippen LogP contribution in [0.4, 0.5) is 23.0 Å². The Morgan fingerprint density at radius 3 is 2.29 bits per heavy atom. The van der Waals surface area contributed by atoms with E-state index in [1.54, 1.807) is 14.2 Å². The average Bonchev–Trinajstić information content (AvgIpc) is 2.59. The lowest BCUT2D eigenvalue weighted by atomic mass is 10.3. The zero-order chi connectivity index (χ0) is 17.4. The van der Waals surface area contributed by atoms with Crippen LogP contribution in [0.25, 0.3) is 0 Å². The minimum Gasteiger partial charge on any atom is -0.393 e. The first-order valence-corrected chi connectivity index (χ1v) is 8.59. The van der Waals surface area contributed by atoms with Crippen LogP contribution in [0.3, 0.4) is 0 Å². The molecule has 0 atom stereocenters. The summed E-state index contributed by atoms with van der Waals surface area (Å²) in [5, 5.41) is 3.24. The van der Waals surface area contributed by atoms with E-state index in [4.69, 9.17) is 15.2 Å². The van der Waals surface area contributed by atoms with Gasteiger partial charge in [0.1, 0.15) is 12.0 Å². The summed E-state index contributed by atoms with van der Waals surface area (Å²) in [5.41, 5.74) is 7.72. The van der Waals surface area contributed by atoms with E-state index in [0.29, 0.717) is 43.6 Å².